The second-order valence-corrected chi connectivity index (χ2v) is 6.30. The Morgan fingerprint density at radius 2 is 1.95 bits per heavy atom. The Morgan fingerprint density at radius 3 is 2.60 bits per heavy atom. The normalized spacial score (nSPS) is 19.5. The lowest BCUT2D eigenvalue weighted by atomic mass is 9.98. The van der Waals surface area contributed by atoms with E-state index in [4.69, 9.17) is 13.6 Å². The van der Waals surface area contributed by atoms with Crippen LogP contribution in [0.4, 0.5) is 4.39 Å². The van der Waals surface area contributed by atoms with E-state index in [0.29, 0.717) is 0 Å². The van der Waals surface area contributed by atoms with Crippen molar-refractivity contribution in [3.63, 3.8) is 0 Å². The summed E-state index contributed by atoms with van der Waals surface area (Å²) in [6.07, 6.45) is 4.75. The van der Waals surface area contributed by atoms with Gasteiger partial charge in [-0.1, -0.05) is 31.4 Å². The highest BCUT2D eigenvalue weighted by atomic mass is 31.2. The molecule has 0 spiro atoms. The number of para-hydroxylation sites is 1. The van der Waals surface area contributed by atoms with Crippen LogP contribution in [0.3, 0.4) is 0 Å². The number of phosphoric acid groups is 1. The van der Waals surface area contributed by atoms with Crippen molar-refractivity contribution in [2.45, 2.75) is 45.1 Å². The molecule has 2 rings (SSSR count). The number of rotatable bonds is 6. The SMILES string of the molecule is CCOP(=O)(Oc1ccccc1F)OC1CCCCC1. The summed E-state index contributed by atoms with van der Waals surface area (Å²) in [5.74, 6) is -0.695. The van der Waals surface area contributed by atoms with Gasteiger partial charge < -0.3 is 4.52 Å². The van der Waals surface area contributed by atoms with Gasteiger partial charge in [-0.05, 0) is 31.9 Å². The quantitative estimate of drug-likeness (QED) is 0.715. The molecule has 112 valence electrons. The molecular weight excluding hydrogens is 282 g/mol. The van der Waals surface area contributed by atoms with Crippen molar-refractivity contribution in [2.24, 2.45) is 0 Å². The molecule has 0 heterocycles. The van der Waals surface area contributed by atoms with Crippen LogP contribution in [0.15, 0.2) is 24.3 Å². The highest BCUT2D eigenvalue weighted by molar-refractivity contribution is 7.48. The van der Waals surface area contributed by atoms with E-state index >= 15 is 0 Å². The van der Waals surface area contributed by atoms with Crippen molar-refractivity contribution >= 4 is 7.82 Å². The van der Waals surface area contributed by atoms with Crippen molar-refractivity contribution in [2.75, 3.05) is 6.61 Å². The summed E-state index contributed by atoms with van der Waals surface area (Å²) in [6, 6.07) is 5.79. The largest absolute Gasteiger partial charge is 0.530 e. The van der Waals surface area contributed by atoms with Gasteiger partial charge in [0.1, 0.15) is 0 Å². The molecule has 20 heavy (non-hydrogen) atoms. The van der Waals surface area contributed by atoms with Crippen LogP contribution < -0.4 is 4.52 Å². The van der Waals surface area contributed by atoms with E-state index in [2.05, 4.69) is 0 Å². The smallest absolute Gasteiger partial charge is 0.401 e. The molecular formula is C14H20FO4P. The van der Waals surface area contributed by atoms with Crippen molar-refractivity contribution in [1.29, 1.82) is 0 Å². The number of benzene rings is 1. The maximum Gasteiger partial charge on any atom is 0.530 e. The van der Waals surface area contributed by atoms with Crippen LogP contribution in [0.1, 0.15) is 39.0 Å². The summed E-state index contributed by atoms with van der Waals surface area (Å²) < 4.78 is 42.0. The van der Waals surface area contributed by atoms with Crippen LogP contribution >= 0.6 is 7.82 Å². The predicted octanol–water partition coefficient (Wildman–Crippen LogP) is 4.70. The molecule has 0 aromatic heterocycles. The first kappa shape index (κ1) is 15.5. The fourth-order valence-electron chi connectivity index (χ4n) is 2.23. The lowest BCUT2D eigenvalue weighted by Crippen LogP contribution is -2.17. The summed E-state index contributed by atoms with van der Waals surface area (Å²) in [4.78, 5) is 0. The summed E-state index contributed by atoms with van der Waals surface area (Å²) in [7, 11) is -3.78. The van der Waals surface area contributed by atoms with Crippen molar-refractivity contribution < 1.29 is 22.5 Å². The van der Waals surface area contributed by atoms with Crippen LogP contribution in [0, 0.1) is 5.82 Å². The maximum absolute atomic E-state index is 13.6. The van der Waals surface area contributed by atoms with Crippen molar-refractivity contribution in [3.05, 3.63) is 30.1 Å². The third kappa shape index (κ3) is 4.30. The second kappa shape index (κ2) is 7.21. The first-order valence-corrected chi connectivity index (χ1v) is 8.46. The lowest BCUT2D eigenvalue weighted by molar-refractivity contribution is 0.0884. The minimum absolute atomic E-state index is 0.111. The molecule has 1 fully saturated rings. The molecule has 1 aromatic carbocycles. The summed E-state index contributed by atoms with van der Waals surface area (Å²) in [5, 5.41) is 0. The number of phosphoric ester groups is 1. The summed E-state index contributed by atoms with van der Waals surface area (Å²) >= 11 is 0. The van der Waals surface area contributed by atoms with Gasteiger partial charge in [-0.2, -0.15) is 0 Å². The molecule has 4 nitrogen and oxygen atoms in total. The molecule has 1 aromatic rings. The Labute approximate surface area is 118 Å². The molecule has 1 aliphatic carbocycles. The first-order valence-electron chi connectivity index (χ1n) is 7.00. The zero-order chi connectivity index (χ0) is 14.4. The Bertz CT molecular complexity index is 474. The van der Waals surface area contributed by atoms with Gasteiger partial charge in [-0.15, -0.1) is 0 Å². The van der Waals surface area contributed by atoms with E-state index in [9.17, 15) is 8.96 Å². The minimum Gasteiger partial charge on any atom is -0.401 e. The molecule has 0 aliphatic heterocycles. The third-order valence-corrected chi connectivity index (χ3v) is 4.72. The van der Waals surface area contributed by atoms with E-state index in [1.165, 1.54) is 18.2 Å². The zero-order valence-electron chi connectivity index (χ0n) is 11.6. The van der Waals surface area contributed by atoms with E-state index in [-0.39, 0.29) is 18.5 Å². The third-order valence-electron chi connectivity index (χ3n) is 3.16. The van der Waals surface area contributed by atoms with Gasteiger partial charge in [-0.3, -0.25) is 9.05 Å². The molecule has 0 radical (unpaired) electrons. The van der Waals surface area contributed by atoms with Gasteiger partial charge in [0, 0.05) is 0 Å². The average molecular weight is 302 g/mol. The lowest BCUT2D eigenvalue weighted by Gasteiger charge is -2.26. The van der Waals surface area contributed by atoms with Crippen molar-refractivity contribution in [1.82, 2.24) is 0 Å². The number of hydrogen-bond donors (Lipinski definition) is 0. The van der Waals surface area contributed by atoms with E-state index in [1.54, 1.807) is 13.0 Å². The van der Waals surface area contributed by atoms with Gasteiger partial charge in [0.05, 0.1) is 12.7 Å². The zero-order valence-corrected chi connectivity index (χ0v) is 12.5. The van der Waals surface area contributed by atoms with Crippen LogP contribution in [-0.2, 0) is 13.6 Å². The molecule has 0 amide bonds. The molecule has 0 bridgehead atoms. The van der Waals surface area contributed by atoms with Crippen molar-refractivity contribution in [3.8, 4) is 5.75 Å². The van der Waals surface area contributed by atoms with E-state index in [0.717, 1.165) is 32.1 Å². The monoisotopic (exact) mass is 302 g/mol. The van der Waals surface area contributed by atoms with Crippen LogP contribution in [0.5, 0.6) is 5.75 Å². The van der Waals surface area contributed by atoms with Gasteiger partial charge in [0.25, 0.3) is 0 Å². The number of hydrogen-bond acceptors (Lipinski definition) is 4. The van der Waals surface area contributed by atoms with Crippen LogP contribution in [-0.4, -0.2) is 12.7 Å². The predicted molar refractivity (Wildman–Crippen MR) is 74.2 cm³/mol. The molecule has 1 aliphatic rings. The van der Waals surface area contributed by atoms with Gasteiger partial charge >= 0.3 is 7.82 Å². The second-order valence-electron chi connectivity index (χ2n) is 4.75. The van der Waals surface area contributed by atoms with E-state index in [1.807, 2.05) is 0 Å². The highest BCUT2D eigenvalue weighted by Crippen LogP contribution is 2.52. The molecule has 6 heteroatoms. The molecule has 0 N–H and O–H groups in total. The fraction of sp³-hybridized carbons (Fsp3) is 0.571. The summed E-state index contributed by atoms with van der Waals surface area (Å²) in [5.41, 5.74) is 0. The van der Waals surface area contributed by atoms with Gasteiger partial charge in [0.15, 0.2) is 11.6 Å². The standard InChI is InChI=1S/C14H20FO4P/c1-2-17-20(16,18-12-8-4-3-5-9-12)19-14-11-7-6-10-13(14)15/h6-7,10-12H,2-5,8-9H2,1H3. The first-order chi connectivity index (χ1) is 9.63. The molecule has 1 saturated carbocycles. The van der Waals surface area contributed by atoms with Gasteiger partial charge in [0.2, 0.25) is 0 Å². The van der Waals surface area contributed by atoms with E-state index < -0.39 is 13.6 Å². The molecule has 1 unspecified atom stereocenters. The Balaban J connectivity index is 2.08. The van der Waals surface area contributed by atoms with Crippen LogP contribution in [0.25, 0.3) is 0 Å². The summed E-state index contributed by atoms with van der Waals surface area (Å²) in [6.45, 7) is 1.88. The number of halogens is 1. The topological polar surface area (TPSA) is 44.8 Å². The average Bonchev–Trinajstić information content (AvgIpc) is 2.43. The highest BCUT2D eigenvalue weighted by Gasteiger charge is 2.33. The van der Waals surface area contributed by atoms with Crippen LogP contribution in [0.2, 0.25) is 0 Å². The molecule has 0 saturated heterocycles. The Morgan fingerprint density at radius 1 is 1.25 bits per heavy atom. The fourth-order valence-corrected chi connectivity index (χ4v) is 3.67. The minimum atomic E-state index is -3.78. The Kier molecular flexibility index (Phi) is 5.58. The maximum atomic E-state index is 13.6. The van der Waals surface area contributed by atoms with Gasteiger partial charge in [-0.25, -0.2) is 8.96 Å². The molecule has 1 atom stereocenters. The Hall–Kier alpha value is -0.900.